The number of methoxy groups -OCH3 is 1. The Labute approximate surface area is 199 Å². The first-order valence-electron chi connectivity index (χ1n) is 11.7. The van der Waals surface area contributed by atoms with E-state index >= 15 is 0 Å². The van der Waals surface area contributed by atoms with E-state index in [1.54, 1.807) is 19.5 Å². The predicted octanol–water partition coefficient (Wildman–Crippen LogP) is 4.34. The molecule has 7 heteroatoms. The van der Waals surface area contributed by atoms with Crippen molar-refractivity contribution >= 4 is 22.6 Å². The number of carbonyl (C=O) groups is 1. The number of pyridine rings is 1. The van der Waals surface area contributed by atoms with Crippen LogP contribution in [0.5, 0.6) is 5.75 Å². The fourth-order valence-electron chi connectivity index (χ4n) is 4.63. The summed E-state index contributed by atoms with van der Waals surface area (Å²) in [6.07, 6.45) is 5.27. The van der Waals surface area contributed by atoms with Gasteiger partial charge in [-0.05, 0) is 61.3 Å². The lowest BCUT2D eigenvalue weighted by Gasteiger charge is -2.31. The summed E-state index contributed by atoms with van der Waals surface area (Å²) in [4.78, 5) is 24.2. The smallest absolute Gasteiger partial charge is 0.228 e. The maximum Gasteiger partial charge on any atom is 0.228 e. The number of carbonyl (C=O) groups excluding carboxylic acids is 1. The van der Waals surface area contributed by atoms with Crippen molar-refractivity contribution in [3.8, 4) is 5.75 Å². The van der Waals surface area contributed by atoms with Gasteiger partial charge in [-0.3, -0.25) is 14.7 Å². The van der Waals surface area contributed by atoms with E-state index in [0.717, 1.165) is 60.8 Å². The number of likely N-dealkylation sites (tertiary alicyclic amines) is 1. The van der Waals surface area contributed by atoms with Crippen LogP contribution in [0.2, 0.25) is 0 Å². The third-order valence-electron chi connectivity index (χ3n) is 6.42. The van der Waals surface area contributed by atoms with Crippen LogP contribution in [0.3, 0.4) is 0 Å². The monoisotopic (exact) mass is 455 g/mol. The second-order valence-electron chi connectivity index (χ2n) is 8.75. The largest absolute Gasteiger partial charge is 0.497 e. The second-order valence-corrected chi connectivity index (χ2v) is 8.75. The average molecular weight is 456 g/mol. The van der Waals surface area contributed by atoms with Gasteiger partial charge in [0.2, 0.25) is 5.91 Å². The molecule has 0 radical (unpaired) electrons. The van der Waals surface area contributed by atoms with Gasteiger partial charge >= 0.3 is 0 Å². The Balaban J connectivity index is 1.33. The molecule has 0 spiro atoms. The molecule has 1 aliphatic rings. The van der Waals surface area contributed by atoms with Gasteiger partial charge in [0.05, 0.1) is 30.6 Å². The van der Waals surface area contributed by atoms with Gasteiger partial charge in [-0.25, -0.2) is 4.98 Å². The molecule has 4 aromatic rings. The number of hydrogen-bond donors (Lipinski definition) is 1. The molecule has 1 fully saturated rings. The topological polar surface area (TPSA) is 72.3 Å². The predicted molar refractivity (Wildman–Crippen MR) is 133 cm³/mol. The van der Waals surface area contributed by atoms with Crippen molar-refractivity contribution in [3.05, 3.63) is 84.4 Å². The lowest BCUT2D eigenvalue weighted by atomic mass is 9.97. The van der Waals surface area contributed by atoms with Crippen LogP contribution in [0.4, 0.5) is 5.69 Å². The summed E-state index contributed by atoms with van der Waals surface area (Å²) < 4.78 is 7.59. The summed E-state index contributed by atoms with van der Waals surface area (Å²) in [5.74, 6) is 1.90. The normalized spacial score (nSPS) is 16.4. The zero-order chi connectivity index (χ0) is 23.3. The van der Waals surface area contributed by atoms with Crippen LogP contribution in [0.15, 0.2) is 73.1 Å². The summed E-state index contributed by atoms with van der Waals surface area (Å²) in [5.41, 5.74) is 4.10. The van der Waals surface area contributed by atoms with Gasteiger partial charge in [0.25, 0.3) is 0 Å². The fraction of sp³-hybridized carbons (Fsp3) is 0.296. The number of fused-ring (bicyclic) bond motifs is 1. The summed E-state index contributed by atoms with van der Waals surface area (Å²) >= 11 is 0. The summed E-state index contributed by atoms with van der Waals surface area (Å²) in [5, 5.41) is 3.03. The summed E-state index contributed by atoms with van der Waals surface area (Å²) in [7, 11) is 1.68. The number of hydrogen-bond acceptors (Lipinski definition) is 5. The van der Waals surface area contributed by atoms with Crippen LogP contribution in [-0.2, 0) is 17.9 Å². The Morgan fingerprint density at radius 2 is 1.85 bits per heavy atom. The van der Waals surface area contributed by atoms with Gasteiger partial charge < -0.3 is 14.6 Å². The zero-order valence-electron chi connectivity index (χ0n) is 19.4. The third kappa shape index (κ3) is 4.94. The molecule has 0 saturated carbocycles. The van der Waals surface area contributed by atoms with E-state index in [4.69, 9.17) is 9.72 Å². The van der Waals surface area contributed by atoms with E-state index in [1.807, 2.05) is 30.3 Å². The Bertz CT molecular complexity index is 1250. The summed E-state index contributed by atoms with van der Waals surface area (Å²) in [6, 6.07) is 20.1. The minimum atomic E-state index is -0.0404. The van der Waals surface area contributed by atoms with Crippen molar-refractivity contribution in [1.29, 1.82) is 0 Å². The number of ether oxygens (including phenoxy) is 1. The highest BCUT2D eigenvalue weighted by atomic mass is 16.5. The molecular formula is C27H29N5O2. The number of para-hydroxylation sites is 2. The molecule has 1 aliphatic heterocycles. The average Bonchev–Trinajstić information content (AvgIpc) is 3.22. The molecule has 2 aromatic carbocycles. The van der Waals surface area contributed by atoms with Gasteiger partial charge in [0, 0.05) is 31.2 Å². The van der Waals surface area contributed by atoms with Crippen LogP contribution in [0, 0.1) is 5.92 Å². The molecule has 3 heterocycles. The van der Waals surface area contributed by atoms with E-state index in [-0.39, 0.29) is 11.8 Å². The third-order valence-corrected chi connectivity index (χ3v) is 6.42. The number of imidazole rings is 1. The maximum absolute atomic E-state index is 12.9. The molecular weight excluding hydrogens is 426 g/mol. The molecule has 34 heavy (non-hydrogen) atoms. The van der Waals surface area contributed by atoms with Crippen molar-refractivity contribution in [1.82, 2.24) is 19.4 Å². The molecule has 0 unspecified atom stereocenters. The molecule has 2 aromatic heterocycles. The maximum atomic E-state index is 12.9. The molecule has 0 aliphatic carbocycles. The number of aromatic nitrogens is 3. The lowest BCUT2D eigenvalue weighted by molar-refractivity contribution is -0.121. The molecule has 1 N–H and O–H groups in total. The van der Waals surface area contributed by atoms with Gasteiger partial charge in [-0.1, -0.05) is 24.3 Å². The molecule has 174 valence electrons. The van der Waals surface area contributed by atoms with E-state index in [9.17, 15) is 4.79 Å². The van der Waals surface area contributed by atoms with Gasteiger partial charge in [0.1, 0.15) is 11.6 Å². The van der Waals surface area contributed by atoms with Crippen molar-refractivity contribution < 1.29 is 9.53 Å². The van der Waals surface area contributed by atoms with E-state index in [2.05, 4.69) is 50.1 Å². The van der Waals surface area contributed by atoms with Crippen LogP contribution >= 0.6 is 0 Å². The number of anilines is 1. The van der Waals surface area contributed by atoms with Crippen LogP contribution in [0.25, 0.3) is 11.0 Å². The number of piperidine rings is 1. The molecule has 7 nitrogen and oxygen atoms in total. The number of nitrogens with one attached hydrogen (secondary N) is 1. The van der Waals surface area contributed by atoms with Crippen molar-refractivity contribution in [2.75, 3.05) is 25.5 Å². The van der Waals surface area contributed by atoms with E-state index in [0.29, 0.717) is 6.54 Å². The molecule has 1 amide bonds. The Morgan fingerprint density at radius 3 is 2.65 bits per heavy atom. The van der Waals surface area contributed by atoms with E-state index < -0.39 is 0 Å². The molecule has 1 atom stereocenters. The summed E-state index contributed by atoms with van der Waals surface area (Å²) in [6.45, 7) is 3.14. The van der Waals surface area contributed by atoms with Crippen molar-refractivity contribution in [2.24, 2.45) is 5.92 Å². The molecule has 1 saturated heterocycles. The van der Waals surface area contributed by atoms with Crippen LogP contribution < -0.4 is 10.1 Å². The second kappa shape index (κ2) is 10.1. The fourth-order valence-corrected chi connectivity index (χ4v) is 4.63. The van der Waals surface area contributed by atoms with Crippen molar-refractivity contribution in [3.63, 3.8) is 0 Å². The van der Waals surface area contributed by atoms with E-state index in [1.165, 1.54) is 5.56 Å². The van der Waals surface area contributed by atoms with Gasteiger partial charge in [0.15, 0.2) is 0 Å². The van der Waals surface area contributed by atoms with Crippen LogP contribution in [-0.4, -0.2) is 45.5 Å². The standard InChI is InChI=1S/C27H29N5O2/c1-34-23-10-8-20(9-11-23)17-32-25-7-3-2-6-24(25)30-26(32)19-31-16-4-5-21(18-31)27(33)29-22-12-14-28-15-13-22/h2-3,6-15,21H,4-5,16-19H2,1H3,(H,28,29,33)/t21-/m1/s1. The minimum absolute atomic E-state index is 0.0404. The number of nitrogens with zero attached hydrogens (tertiary/aromatic N) is 4. The quantitative estimate of drug-likeness (QED) is 0.449. The Morgan fingerprint density at radius 1 is 1.06 bits per heavy atom. The zero-order valence-corrected chi connectivity index (χ0v) is 19.4. The first kappa shape index (κ1) is 22.1. The number of amides is 1. The number of rotatable bonds is 7. The minimum Gasteiger partial charge on any atom is -0.497 e. The van der Waals surface area contributed by atoms with Crippen LogP contribution in [0.1, 0.15) is 24.2 Å². The van der Waals surface area contributed by atoms with Gasteiger partial charge in [-0.15, -0.1) is 0 Å². The Hall–Kier alpha value is -3.71. The Kier molecular flexibility index (Phi) is 6.53. The molecule has 5 rings (SSSR count). The van der Waals surface area contributed by atoms with Crippen molar-refractivity contribution in [2.45, 2.75) is 25.9 Å². The first-order valence-corrected chi connectivity index (χ1v) is 11.7. The lowest BCUT2D eigenvalue weighted by Crippen LogP contribution is -2.40. The molecule has 0 bridgehead atoms. The SMILES string of the molecule is COc1ccc(Cn2c(CN3CCC[C@@H](C(=O)Nc4ccncc4)C3)nc3ccccc32)cc1. The van der Waals surface area contributed by atoms with Gasteiger partial charge in [-0.2, -0.15) is 0 Å². The number of benzene rings is 2. The highest BCUT2D eigenvalue weighted by molar-refractivity contribution is 5.92. The first-order chi connectivity index (χ1) is 16.7. The highest BCUT2D eigenvalue weighted by Gasteiger charge is 2.27. The highest BCUT2D eigenvalue weighted by Crippen LogP contribution is 2.24.